The number of hydrogen-bond acceptors (Lipinski definition) is 3. The summed E-state index contributed by atoms with van der Waals surface area (Å²) in [6, 6.07) is 10.1. The van der Waals surface area contributed by atoms with E-state index in [2.05, 4.69) is 59.3 Å². The topological polar surface area (TPSA) is 37.8 Å². The Hall–Kier alpha value is -0.940. The Balaban J connectivity index is 2.08. The van der Waals surface area contributed by atoms with Crippen LogP contribution in [-0.2, 0) is 13.0 Å². The van der Waals surface area contributed by atoms with Crippen LogP contribution < -0.4 is 5.32 Å². The highest BCUT2D eigenvalue weighted by atomic mass is 79.9. The van der Waals surface area contributed by atoms with Gasteiger partial charge in [0.1, 0.15) is 16.2 Å². The van der Waals surface area contributed by atoms with E-state index in [-0.39, 0.29) is 0 Å². The molecule has 0 fully saturated rings. The Morgan fingerprint density at radius 1 is 1.17 bits per heavy atom. The summed E-state index contributed by atoms with van der Waals surface area (Å²) in [7, 11) is 0. The van der Waals surface area contributed by atoms with Crippen LogP contribution in [0.3, 0.4) is 0 Å². The van der Waals surface area contributed by atoms with Crippen LogP contribution in [0.5, 0.6) is 0 Å². The lowest BCUT2D eigenvalue weighted by Crippen LogP contribution is -2.04. The molecule has 0 radical (unpaired) electrons. The highest BCUT2D eigenvalue weighted by molar-refractivity contribution is 9.10. The molecule has 0 atom stereocenters. The number of halogens is 2. The predicted molar refractivity (Wildman–Crippen MR) is 80.6 cm³/mol. The molecule has 0 aliphatic heterocycles. The Morgan fingerprint density at radius 2 is 2.00 bits per heavy atom. The molecule has 18 heavy (non-hydrogen) atoms. The van der Waals surface area contributed by atoms with Crippen molar-refractivity contribution >= 4 is 37.7 Å². The van der Waals surface area contributed by atoms with Gasteiger partial charge in [-0.05, 0) is 33.6 Å². The molecule has 0 saturated heterocycles. The second-order valence-corrected chi connectivity index (χ2v) is 5.56. The summed E-state index contributed by atoms with van der Waals surface area (Å²) in [6.07, 6.45) is 0.824. The van der Waals surface area contributed by atoms with Crippen LogP contribution in [0.15, 0.2) is 39.4 Å². The molecule has 2 aromatic rings. The van der Waals surface area contributed by atoms with Gasteiger partial charge >= 0.3 is 0 Å². The van der Waals surface area contributed by atoms with Crippen molar-refractivity contribution in [3.63, 3.8) is 0 Å². The lowest BCUT2D eigenvalue weighted by Gasteiger charge is -2.07. The number of anilines is 1. The number of aryl methyl sites for hydroxylation is 1. The molecular weight excluding hydrogens is 358 g/mol. The first kappa shape index (κ1) is 13.5. The zero-order valence-corrected chi connectivity index (χ0v) is 13.1. The fourth-order valence-electron chi connectivity index (χ4n) is 1.55. The van der Waals surface area contributed by atoms with Gasteiger partial charge in [0.15, 0.2) is 0 Å². The maximum atomic E-state index is 4.43. The highest BCUT2D eigenvalue weighted by Crippen LogP contribution is 2.15. The van der Waals surface area contributed by atoms with Crippen LogP contribution in [0.2, 0.25) is 0 Å². The molecule has 0 spiro atoms. The van der Waals surface area contributed by atoms with Crippen LogP contribution in [0, 0.1) is 0 Å². The molecule has 1 heterocycles. The summed E-state index contributed by atoms with van der Waals surface area (Å²) >= 11 is 6.85. The number of benzene rings is 1. The van der Waals surface area contributed by atoms with E-state index in [0.717, 1.165) is 33.7 Å². The van der Waals surface area contributed by atoms with Gasteiger partial charge in [-0.25, -0.2) is 9.97 Å². The number of aromatic nitrogens is 2. The van der Waals surface area contributed by atoms with Crippen molar-refractivity contribution in [1.82, 2.24) is 9.97 Å². The molecule has 0 amide bonds. The highest BCUT2D eigenvalue weighted by Gasteiger charge is 2.01. The predicted octanol–water partition coefficient (Wildman–Crippen LogP) is 4.18. The molecule has 1 N–H and O–H groups in total. The maximum Gasteiger partial charge on any atom is 0.131 e. The average molecular weight is 371 g/mol. The van der Waals surface area contributed by atoms with Gasteiger partial charge in [0.05, 0.1) is 0 Å². The van der Waals surface area contributed by atoms with Gasteiger partial charge in [0, 0.05) is 23.5 Å². The number of nitrogens with one attached hydrogen (secondary N) is 1. The largest absolute Gasteiger partial charge is 0.366 e. The first-order valence-corrected chi connectivity index (χ1v) is 7.27. The molecule has 0 unspecified atom stereocenters. The van der Waals surface area contributed by atoms with Crippen molar-refractivity contribution in [2.24, 2.45) is 0 Å². The van der Waals surface area contributed by atoms with Gasteiger partial charge in [-0.1, -0.05) is 35.0 Å². The average Bonchev–Trinajstić information content (AvgIpc) is 2.36. The molecule has 0 bridgehead atoms. The molecule has 94 valence electrons. The molecule has 3 nitrogen and oxygen atoms in total. The minimum Gasteiger partial charge on any atom is -0.366 e. The lowest BCUT2D eigenvalue weighted by atomic mass is 10.2. The van der Waals surface area contributed by atoms with Crippen molar-refractivity contribution in [1.29, 1.82) is 0 Å². The van der Waals surface area contributed by atoms with E-state index in [4.69, 9.17) is 0 Å². The van der Waals surface area contributed by atoms with Crippen molar-refractivity contribution in [2.45, 2.75) is 19.9 Å². The summed E-state index contributed by atoms with van der Waals surface area (Å²) in [5.41, 5.74) is 1.21. The second kappa shape index (κ2) is 6.29. The third kappa shape index (κ3) is 3.78. The Morgan fingerprint density at radius 3 is 2.72 bits per heavy atom. The molecule has 5 heteroatoms. The number of nitrogens with zero attached hydrogens (tertiary/aromatic N) is 2. The van der Waals surface area contributed by atoms with Gasteiger partial charge < -0.3 is 5.32 Å². The fourth-order valence-corrected chi connectivity index (χ4v) is 2.42. The van der Waals surface area contributed by atoms with Crippen molar-refractivity contribution < 1.29 is 0 Å². The van der Waals surface area contributed by atoms with E-state index >= 15 is 0 Å². The van der Waals surface area contributed by atoms with Crippen LogP contribution in [0.25, 0.3) is 0 Å². The normalized spacial score (nSPS) is 10.4. The van der Waals surface area contributed by atoms with Crippen molar-refractivity contribution in [3.05, 3.63) is 50.8 Å². The molecule has 2 rings (SSSR count). The molecular formula is C13H13Br2N3. The van der Waals surface area contributed by atoms with Crippen LogP contribution in [-0.4, -0.2) is 9.97 Å². The fraction of sp³-hybridized carbons (Fsp3) is 0.231. The van der Waals surface area contributed by atoms with E-state index in [9.17, 15) is 0 Å². The quantitative estimate of drug-likeness (QED) is 0.820. The summed E-state index contributed by atoms with van der Waals surface area (Å²) in [4.78, 5) is 8.71. The summed E-state index contributed by atoms with van der Waals surface area (Å²) in [5, 5.41) is 3.30. The standard InChI is InChI=1S/C13H13Br2N3/c1-2-12-17-11(15)7-13(18-12)16-8-9-4-3-5-10(14)6-9/h3-7H,2,8H2,1H3,(H,16,17,18). The lowest BCUT2D eigenvalue weighted by molar-refractivity contribution is 0.921. The van der Waals surface area contributed by atoms with E-state index in [0.29, 0.717) is 0 Å². The first-order valence-electron chi connectivity index (χ1n) is 5.69. The second-order valence-electron chi connectivity index (χ2n) is 3.83. The van der Waals surface area contributed by atoms with Gasteiger partial charge in [0.25, 0.3) is 0 Å². The molecule has 0 saturated carbocycles. The Labute approximate surface area is 123 Å². The van der Waals surface area contributed by atoms with Gasteiger partial charge in [0.2, 0.25) is 0 Å². The minimum atomic E-state index is 0.742. The third-order valence-electron chi connectivity index (χ3n) is 2.42. The van der Waals surface area contributed by atoms with E-state index < -0.39 is 0 Å². The van der Waals surface area contributed by atoms with Gasteiger partial charge in [-0.3, -0.25) is 0 Å². The Bertz CT molecular complexity index is 544. The summed E-state index contributed by atoms with van der Waals surface area (Å²) < 4.78 is 1.89. The first-order chi connectivity index (χ1) is 8.67. The third-order valence-corrected chi connectivity index (χ3v) is 3.32. The van der Waals surface area contributed by atoms with E-state index in [1.54, 1.807) is 0 Å². The minimum absolute atomic E-state index is 0.742. The summed E-state index contributed by atoms with van der Waals surface area (Å²) in [5.74, 6) is 1.68. The zero-order valence-electron chi connectivity index (χ0n) is 9.95. The summed E-state index contributed by atoms with van der Waals surface area (Å²) in [6.45, 7) is 2.78. The monoisotopic (exact) mass is 369 g/mol. The molecule has 0 aliphatic carbocycles. The molecule has 1 aromatic carbocycles. The van der Waals surface area contributed by atoms with Crippen LogP contribution in [0.1, 0.15) is 18.3 Å². The van der Waals surface area contributed by atoms with E-state index in [1.807, 2.05) is 25.1 Å². The smallest absolute Gasteiger partial charge is 0.131 e. The van der Waals surface area contributed by atoms with Crippen LogP contribution in [0.4, 0.5) is 5.82 Å². The van der Waals surface area contributed by atoms with Gasteiger partial charge in [-0.15, -0.1) is 0 Å². The zero-order chi connectivity index (χ0) is 13.0. The Kier molecular flexibility index (Phi) is 4.72. The van der Waals surface area contributed by atoms with Crippen LogP contribution >= 0.6 is 31.9 Å². The SMILES string of the molecule is CCc1nc(Br)cc(NCc2cccc(Br)c2)n1. The number of hydrogen-bond donors (Lipinski definition) is 1. The van der Waals surface area contributed by atoms with E-state index in [1.165, 1.54) is 5.56 Å². The molecule has 0 aliphatic rings. The van der Waals surface area contributed by atoms with Gasteiger partial charge in [-0.2, -0.15) is 0 Å². The number of rotatable bonds is 4. The van der Waals surface area contributed by atoms with Crippen molar-refractivity contribution in [2.75, 3.05) is 5.32 Å². The van der Waals surface area contributed by atoms with Crippen molar-refractivity contribution in [3.8, 4) is 0 Å². The molecule has 1 aromatic heterocycles. The maximum absolute atomic E-state index is 4.43.